The smallest absolute Gasteiger partial charge is 0.271 e. The van der Waals surface area contributed by atoms with Crippen LogP contribution in [-0.2, 0) is 0 Å². The number of aromatic nitrogens is 1. The predicted molar refractivity (Wildman–Crippen MR) is 121 cm³/mol. The van der Waals surface area contributed by atoms with E-state index in [4.69, 9.17) is 0 Å². The second-order valence-corrected chi connectivity index (χ2v) is 7.76. The van der Waals surface area contributed by atoms with E-state index in [1.165, 1.54) is 33.4 Å². The van der Waals surface area contributed by atoms with Crippen LogP contribution in [0.4, 0.5) is 5.69 Å². The topological polar surface area (TPSA) is 89.5 Å². The van der Waals surface area contributed by atoms with E-state index in [2.05, 4.69) is 62.8 Å². The number of halogens is 1. The van der Waals surface area contributed by atoms with Gasteiger partial charge in [-0.05, 0) is 85.3 Å². The lowest BCUT2D eigenvalue weighted by atomic mass is 10.2. The fraction of sp³-hybridized carbons (Fsp3) is 0.143. The minimum atomic E-state index is -0.509. The average Bonchev–Trinajstić information content (AvgIpc) is 2.97. The third-order valence-corrected chi connectivity index (χ3v) is 5.79. The van der Waals surface area contributed by atoms with Gasteiger partial charge in [0.2, 0.25) is 0 Å². The minimum Gasteiger partial charge on any atom is -0.318 e. The quantitative estimate of drug-likeness (QED) is 0.238. The molecule has 2 aromatic carbocycles. The number of carbonyl (C=O) groups excluding carboxylic acids is 1. The molecule has 0 atom stereocenters. The van der Waals surface area contributed by atoms with Crippen molar-refractivity contribution in [3.8, 4) is 5.69 Å². The van der Waals surface area contributed by atoms with Gasteiger partial charge in [0.05, 0.1) is 11.1 Å². The van der Waals surface area contributed by atoms with Crippen molar-refractivity contribution in [1.82, 2.24) is 9.99 Å². The number of hydrogen-bond donors (Lipinski definition) is 1. The number of aryl methyl sites for hydroxylation is 2. The molecule has 0 saturated carbocycles. The Hall–Kier alpha value is -3.01. The summed E-state index contributed by atoms with van der Waals surface area (Å²) in [5.41, 5.74) is 7.94. The van der Waals surface area contributed by atoms with E-state index in [0.29, 0.717) is 5.56 Å². The zero-order valence-electron chi connectivity index (χ0n) is 16.1. The number of amides is 1. The van der Waals surface area contributed by atoms with E-state index in [0.717, 1.165) is 22.6 Å². The summed E-state index contributed by atoms with van der Waals surface area (Å²) < 4.78 is 3.35. The van der Waals surface area contributed by atoms with Crippen LogP contribution in [0.5, 0.6) is 0 Å². The fourth-order valence-corrected chi connectivity index (χ4v) is 3.38. The van der Waals surface area contributed by atoms with Gasteiger partial charge in [-0.3, -0.25) is 14.9 Å². The molecule has 1 N–H and O–H groups in total. The van der Waals surface area contributed by atoms with E-state index in [1.807, 2.05) is 19.9 Å². The highest BCUT2D eigenvalue weighted by Crippen LogP contribution is 2.22. The maximum atomic E-state index is 12.2. The van der Waals surface area contributed by atoms with Crippen LogP contribution >= 0.6 is 22.6 Å². The van der Waals surface area contributed by atoms with Gasteiger partial charge in [-0.25, -0.2) is 5.43 Å². The molecule has 0 spiro atoms. The molecule has 0 fully saturated rings. The van der Waals surface area contributed by atoms with Crippen molar-refractivity contribution in [2.75, 3.05) is 0 Å². The molecule has 1 aromatic heterocycles. The molecule has 1 heterocycles. The van der Waals surface area contributed by atoms with Gasteiger partial charge in [-0.2, -0.15) is 5.10 Å². The molecule has 1 amide bonds. The molecular formula is C21H19IN4O3. The van der Waals surface area contributed by atoms with Crippen LogP contribution in [-0.4, -0.2) is 21.6 Å². The molecule has 0 aliphatic heterocycles. The van der Waals surface area contributed by atoms with Crippen molar-refractivity contribution in [1.29, 1.82) is 0 Å². The normalized spacial score (nSPS) is 11.0. The highest BCUT2D eigenvalue weighted by molar-refractivity contribution is 14.1. The number of hydrazone groups is 1. The van der Waals surface area contributed by atoms with Crippen molar-refractivity contribution < 1.29 is 9.72 Å². The SMILES string of the molecule is Cc1cc(-n2c(C)cc(/C=N\NC(=O)c3ccc([N+](=O)[O-])cc3)c2C)ccc1I. The summed E-state index contributed by atoms with van der Waals surface area (Å²) in [6, 6.07) is 13.7. The van der Waals surface area contributed by atoms with Crippen molar-refractivity contribution in [2.24, 2.45) is 5.10 Å². The number of carbonyl (C=O) groups is 1. The highest BCUT2D eigenvalue weighted by Gasteiger charge is 2.11. The maximum absolute atomic E-state index is 12.2. The van der Waals surface area contributed by atoms with Crippen LogP contribution in [0.3, 0.4) is 0 Å². The Morgan fingerprint density at radius 1 is 1.14 bits per heavy atom. The van der Waals surface area contributed by atoms with Crippen LogP contribution in [0, 0.1) is 34.5 Å². The molecule has 0 bridgehead atoms. The van der Waals surface area contributed by atoms with Gasteiger partial charge < -0.3 is 4.57 Å². The van der Waals surface area contributed by atoms with Crippen molar-refractivity contribution in [2.45, 2.75) is 20.8 Å². The molecule has 0 unspecified atom stereocenters. The molecule has 3 aromatic rings. The summed E-state index contributed by atoms with van der Waals surface area (Å²) >= 11 is 2.31. The first kappa shape index (κ1) is 20.7. The number of nitrogens with one attached hydrogen (secondary N) is 1. The number of nitro groups is 1. The summed E-state index contributed by atoms with van der Waals surface area (Å²) in [6.07, 6.45) is 1.60. The molecule has 148 valence electrons. The number of rotatable bonds is 5. The lowest BCUT2D eigenvalue weighted by molar-refractivity contribution is -0.384. The Labute approximate surface area is 181 Å². The molecule has 8 heteroatoms. The van der Waals surface area contributed by atoms with Gasteiger partial charge >= 0.3 is 0 Å². The number of nitro benzene ring substituents is 1. The van der Waals surface area contributed by atoms with Crippen LogP contribution < -0.4 is 5.43 Å². The molecule has 0 radical (unpaired) electrons. The third-order valence-electron chi connectivity index (χ3n) is 4.58. The predicted octanol–water partition coefficient (Wildman–Crippen LogP) is 4.68. The number of benzene rings is 2. The summed E-state index contributed by atoms with van der Waals surface area (Å²) in [5.74, 6) is -0.432. The number of hydrogen-bond acceptors (Lipinski definition) is 4. The monoisotopic (exact) mass is 502 g/mol. The average molecular weight is 502 g/mol. The van der Waals surface area contributed by atoms with Gasteiger partial charge in [0, 0.05) is 43.9 Å². The number of non-ortho nitro benzene ring substituents is 1. The second-order valence-electron chi connectivity index (χ2n) is 6.60. The Morgan fingerprint density at radius 3 is 2.45 bits per heavy atom. The van der Waals surface area contributed by atoms with Crippen LogP contribution in [0.2, 0.25) is 0 Å². The standard InChI is InChI=1S/C21H19IN4O3/c1-13-10-19(8-9-20(13)22)25-14(2)11-17(15(25)3)12-23-24-21(27)16-4-6-18(7-5-16)26(28)29/h4-12H,1-3H3,(H,24,27)/b23-12-. The Balaban J connectivity index is 1.76. The molecule has 7 nitrogen and oxygen atoms in total. The van der Waals surface area contributed by atoms with E-state index in [-0.39, 0.29) is 5.69 Å². The molecular weight excluding hydrogens is 483 g/mol. The lowest BCUT2D eigenvalue weighted by Crippen LogP contribution is -2.17. The van der Waals surface area contributed by atoms with Crippen molar-refractivity contribution >= 4 is 40.4 Å². The first-order valence-corrected chi connectivity index (χ1v) is 9.89. The van der Waals surface area contributed by atoms with E-state index in [9.17, 15) is 14.9 Å². The van der Waals surface area contributed by atoms with Crippen LogP contribution in [0.25, 0.3) is 5.69 Å². The first-order valence-electron chi connectivity index (χ1n) is 8.81. The third kappa shape index (κ3) is 4.53. The summed E-state index contributed by atoms with van der Waals surface area (Å²) in [5, 5.41) is 14.7. The molecule has 0 aliphatic rings. The van der Waals surface area contributed by atoms with E-state index in [1.54, 1.807) is 6.21 Å². The van der Waals surface area contributed by atoms with Gasteiger partial charge in [-0.1, -0.05) is 0 Å². The van der Waals surface area contributed by atoms with Crippen molar-refractivity contribution in [3.05, 3.63) is 90.3 Å². The zero-order chi connectivity index (χ0) is 21.1. The fourth-order valence-electron chi connectivity index (χ4n) is 3.04. The summed E-state index contributed by atoms with van der Waals surface area (Å²) in [4.78, 5) is 22.3. The Bertz CT molecular complexity index is 1120. The van der Waals surface area contributed by atoms with Gasteiger partial charge in [0.15, 0.2) is 0 Å². The Kier molecular flexibility index (Phi) is 6.12. The van der Waals surface area contributed by atoms with Crippen LogP contribution in [0.15, 0.2) is 53.6 Å². The summed E-state index contributed by atoms with van der Waals surface area (Å²) in [7, 11) is 0. The van der Waals surface area contributed by atoms with E-state index >= 15 is 0 Å². The first-order chi connectivity index (χ1) is 13.8. The second kappa shape index (κ2) is 8.56. The van der Waals surface area contributed by atoms with E-state index < -0.39 is 10.8 Å². The molecule has 3 rings (SSSR count). The molecule has 0 saturated heterocycles. The van der Waals surface area contributed by atoms with Crippen LogP contribution in [0.1, 0.15) is 32.9 Å². The summed E-state index contributed by atoms with van der Waals surface area (Å²) in [6.45, 7) is 6.10. The van der Waals surface area contributed by atoms with Crippen molar-refractivity contribution in [3.63, 3.8) is 0 Å². The van der Waals surface area contributed by atoms with Gasteiger partial charge in [-0.15, -0.1) is 0 Å². The largest absolute Gasteiger partial charge is 0.318 e. The minimum absolute atomic E-state index is 0.0664. The maximum Gasteiger partial charge on any atom is 0.271 e. The number of nitrogens with zero attached hydrogens (tertiary/aromatic N) is 3. The van der Waals surface area contributed by atoms with Gasteiger partial charge in [0.1, 0.15) is 0 Å². The molecule has 0 aliphatic carbocycles. The lowest BCUT2D eigenvalue weighted by Gasteiger charge is -2.11. The Morgan fingerprint density at radius 2 is 1.83 bits per heavy atom. The zero-order valence-corrected chi connectivity index (χ0v) is 18.3. The highest BCUT2D eigenvalue weighted by atomic mass is 127. The van der Waals surface area contributed by atoms with Gasteiger partial charge in [0.25, 0.3) is 11.6 Å². The molecule has 29 heavy (non-hydrogen) atoms.